The summed E-state index contributed by atoms with van der Waals surface area (Å²) in [5.41, 5.74) is 5.35. The second-order valence-corrected chi connectivity index (χ2v) is 9.01. The maximum absolute atomic E-state index is 13.9. The van der Waals surface area contributed by atoms with E-state index in [9.17, 15) is 8.78 Å². The molecule has 35 heavy (non-hydrogen) atoms. The fourth-order valence-corrected chi connectivity index (χ4v) is 4.48. The number of hydrogen-bond acceptors (Lipinski definition) is 3. The molecule has 1 heterocycles. The average Bonchev–Trinajstić information content (AvgIpc) is 2.87. The van der Waals surface area contributed by atoms with E-state index in [0.717, 1.165) is 30.0 Å². The van der Waals surface area contributed by atoms with Crippen LogP contribution in [0.3, 0.4) is 0 Å². The van der Waals surface area contributed by atoms with E-state index in [1.54, 1.807) is 12.3 Å². The number of benzene rings is 2. The molecule has 0 N–H and O–H groups in total. The number of thiocarbonyl (C=S) groups is 1. The van der Waals surface area contributed by atoms with Crippen LogP contribution in [0.1, 0.15) is 66.1 Å². The molecule has 0 radical (unpaired) electrons. The quantitative estimate of drug-likeness (QED) is 0.201. The minimum Gasteiger partial charge on any atom is -0.247 e. The van der Waals surface area contributed by atoms with E-state index < -0.39 is 17.3 Å². The number of fused-ring (bicyclic) bond motifs is 1. The second-order valence-electron chi connectivity index (χ2n) is 8.83. The summed E-state index contributed by atoms with van der Waals surface area (Å²) in [5, 5.41) is 1.97. The summed E-state index contributed by atoms with van der Waals surface area (Å²) in [5.74, 6) is 4.73. The normalized spacial score (nSPS) is 14.7. The van der Waals surface area contributed by atoms with Gasteiger partial charge in [-0.05, 0) is 83.8 Å². The molecule has 1 unspecified atom stereocenters. The molecule has 0 amide bonds. The minimum atomic E-state index is -0.835. The van der Waals surface area contributed by atoms with Crippen molar-refractivity contribution in [3.05, 3.63) is 93.8 Å². The van der Waals surface area contributed by atoms with Gasteiger partial charge in [-0.1, -0.05) is 68.5 Å². The minimum absolute atomic E-state index is 0.193. The monoisotopic (exact) mass is 484 g/mol. The molecule has 0 spiro atoms. The molecule has 3 aromatic rings. The van der Waals surface area contributed by atoms with E-state index >= 15 is 0 Å². The van der Waals surface area contributed by atoms with Crippen LogP contribution in [0.15, 0.2) is 53.7 Å². The lowest BCUT2D eigenvalue weighted by atomic mass is 9.81. The number of aryl methyl sites for hydroxylation is 1. The topological polar surface area (TPSA) is 25.2 Å². The molecule has 0 saturated heterocycles. The maximum Gasteiger partial charge on any atom is 0.153 e. The van der Waals surface area contributed by atoms with Crippen LogP contribution < -0.4 is 0 Å². The first-order valence-corrected chi connectivity index (χ1v) is 12.3. The Labute approximate surface area is 210 Å². The summed E-state index contributed by atoms with van der Waals surface area (Å²) in [6.45, 7) is 2.26. The molecular weight excluding hydrogens is 458 g/mol. The molecular formula is C30H26F2N2S. The third kappa shape index (κ3) is 6.57. The Morgan fingerprint density at radius 1 is 1.03 bits per heavy atom. The summed E-state index contributed by atoms with van der Waals surface area (Å²) < 4.78 is 27.9. The summed E-state index contributed by atoms with van der Waals surface area (Å²) in [6, 6.07) is 12.7. The van der Waals surface area contributed by atoms with Crippen molar-refractivity contribution in [3.63, 3.8) is 0 Å². The Morgan fingerprint density at radius 2 is 1.80 bits per heavy atom. The number of aromatic nitrogens is 1. The summed E-state index contributed by atoms with van der Waals surface area (Å²) in [4.78, 5) is 7.74. The number of aliphatic imine (C=N–C) groups is 1. The van der Waals surface area contributed by atoms with E-state index in [2.05, 4.69) is 65.2 Å². The Bertz CT molecular complexity index is 1320. The smallest absolute Gasteiger partial charge is 0.153 e. The summed E-state index contributed by atoms with van der Waals surface area (Å²) in [7, 11) is 0. The third-order valence-electron chi connectivity index (χ3n) is 6.29. The average molecular weight is 485 g/mol. The highest BCUT2D eigenvalue weighted by atomic mass is 32.1. The van der Waals surface area contributed by atoms with Crippen molar-refractivity contribution in [2.75, 3.05) is 0 Å². The van der Waals surface area contributed by atoms with Crippen molar-refractivity contribution < 1.29 is 8.78 Å². The van der Waals surface area contributed by atoms with Crippen LogP contribution in [0, 0.1) is 29.4 Å². The van der Waals surface area contributed by atoms with Crippen molar-refractivity contribution >= 4 is 35.2 Å². The van der Waals surface area contributed by atoms with Crippen molar-refractivity contribution in [3.8, 4) is 11.8 Å². The zero-order valence-corrected chi connectivity index (χ0v) is 20.5. The molecule has 4 rings (SSSR count). The predicted molar refractivity (Wildman–Crippen MR) is 142 cm³/mol. The molecule has 0 saturated carbocycles. The number of isothiocyanates is 1. The number of rotatable bonds is 6. The van der Waals surface area contributed by atoms with Crippen molar-refractivity contribution in [2.24, 2.45) is 10.9 Å². The van der Waals surface area contributed by atoms with E-state index in [4.69, 9.17) is 0 Å². The first-order valence-electron chi connectivity index (χ1n) is 11.9. The molecule has 1 atom stereocenters. The number of nitrogens with zero attached hydrogens (tertiary/aromatic N) is 2. The van der Waals surface area contributed by atoms with Gasteiger partial charge in [0.05, 0.1) is 5.16 Å². The van der Waals surface area contributed by atoms with Crippen molar-refractivity contribution in [2.45, 2.75) is 45.4 Å². The molecule has 0 fully saturated rings. The van der Waals surface area contributed by atoms with Gasteiger partial charge < -0.3 is 0 Å². The lowest BCUT2D eigenvalue weighted by molar-refractivity contribution is 0.413. The van der Waals surface area contributed by atoms with Gasteiger partial charge in [-0.25, -0.2) is 13.8 Å². The molecule has 1 aliphatic rings. The Hall–Kier alpha value is -3.45. The molecule has 5 heteroatoms. The first kappa shape index (κ1) is 24.7. The van der Waals surface area contributed by atoms with Crippen molar-refractivity contribution in [1.29, 1.82) is 0 Å². The van der Waals surface area contributed by atoms with Gasteiger partial charge in [0.1, 0.15) is 11.4 Å². The molecule has 2 nitrogen and oxygen atoms in total. The summed E-state index contributed by atoms with van der Waals surface area (Å²) >= 11 is 4.41. The van der Waals surface area contributed by atoms with Crippen LogP contribution in [0.5, 0.6) is 0 Å². The van der Waals surface area contributed by atoms with Gasteiger partial charge in [-0.15, -0.1) is 0 Å². The SMILES string of the molecule is CCCCC1CCc2cc(/C=C/c3ccc(C#Cc4cc(F)c(N=C=S)c(F)c4)nc3)ccc2C1. The van der Waals surface area contributed by atoms with Gasteiger partial charge in [0.15, 0.2) is 11.6 Å². The van der Waals surface area contributed by atoms with Gasteiger partial charge in [-0.2, -0.15) is 4.99 Å². The van der Waals surface area contributed by atoms with E-state index in [0.29, 0.717) is 5.69 Å². The largest absolute Gasteiger partial charge is 0.247 e. The number of unbranched alkanes of at least 4 members (excludes halogenated alkanes) is 1. The van der Waals surface area contributed by atoms with Crippen molar-refractivity contribution in [1.82, 2.24) is 4.98 Å². The second kappa shape index (κ2) is 11.8. The highest BCUT2D eigenvalue weighted by molar-refractivity contribution is 7.78. The van der Waals surface area contributed by atoms with Crippen LogP contribution in [-0.2, 0) is 12.8 Å². The van der Waals surface area contributed by atoms with Crippen LogP contribution in [-0.4, -0.2) is 10.1 Å². The molecule has 176 valence electrons. The Balaban J connectivity index is 1.41. The number of hydrogen-bond donors (Lipinski definition) is 0. The van der Waals surface area contributed by atoms with E-state index in [1.165, 1.54) is 48.8 Å². The van der Waals surface area contributed by atoms with Crippen LogP contribution >= 0.6 is 12.2 Å². The maximum atomic E-state index is 13.9. The summed E-state index contributed by atoms with van der Waals surface area (Å²) in [6.07, 6.45) is 13.5. The molecule has 0 aliphatic heterocycles. The van der Waals surface area contributed by atoms with Gasteiger partial charge in [0.25, 0.3) is 0 Å². The molecule has 1 aromatic heterocycles. The zero-order valence-electron chi connectivity index (χ0n) is 19.7. The fraction of sp³-hybridized carbons (Fsp3) is 0.267. The zero-order chi connectivity index (χ0) is 24.6. The Morgan fingerprint density at radius 3 is 2.51 bits per heavy atom. The van der Waals surface area contributed by atoms with Gasteiger partial charge in [0.2, 0.25) is 0 Å². The van der Waals surface area contributed by atoms with Gasteiger partial charge in [0, 0.05) is 11.8 Å². The lowest BCUT2D eigenvalue weighted by Crippen LogP contribution is -2.14. The van der Waals surface area contributed by atoms with Crippen LogP contribution in [0.25, 0.3) is 12.2 Å². The molecule has 1 aliphatic carbocycles. The van der Waals surface area contributed by atoms with Crippen LogP contribution in [0.4, 0.5) is 14.5 Å². The standard InChI is InChI=1S/C30H26F2N2S/c1-2-3-4-21-7-11-26-16-22(8-12-25(26)15-21)5-6-23-9-13-27(33-19-23)14-10-24-17-28(31)30(34-20-35)29(32)18-24/h5-6,8-9,12-13,16-19,21H,2-4,7,11,15H2,1H3/b6-5+. The van der Waals surface area contributed by atoms with Crippen LogP contribution in [0.2, 0.25) is 0 Å². The predicted octanol–water partition coefficient (Wildman–Crippen LogP) is 7.96. The lowest BCUT2D eigenvalue weighted by Gasteiger charge is -2.24. The third-order valence-corrected chi connectivity index (χ3v) is 6.38. The Kier molecular flexibility index (Phi) is 8.32. The fourth-order valence-electron chi connectivity index (χ4n) is 4.39. The van der Waals surface area contributed by atoms with Gasteiger partial charge >= 0.3 is 0 Å². The molecule has 0 bridgehead atoms. The number of pyridine rings is 1. The highest BCUT2D eigenvalue weighted by Crippen LogP contribution is 2.30. The molecule has 2 aromatic carbocycles. The number of halogens is 2. The first-order chi connectivity index (χ1) is 17.1. The highest BCUT2D eigenvalue weighted by Gasteiger charge is 2.18. The van der Waals surface area contributed by atoms with E-state index in [1.807, 2.05) is 17.3 Å². The van der Waals surface area contributed by atoms with Gasteiger partial charge in [-0.3, -0.25) is 0 Å². The van der Waals surface area contributed by atoms with E-state index in [-0.39, 0.29) is 5.56 Å².